The molecule has 0 bridgehead atoms. The van der Waals surface area contributed by atoms with Crippen LogP contribution in [-0.2, 0) is 10.1 Å². The zero-order valence-corrected chi connectivity index (χ0v) is 17.0. The summed E-state index contributed by atoms with van der Waals surface area (Å²) in [5, 5.41) is 19.1. The van der Waals surface area contributed by atoms with E-state index in [1.807, 2.05) is 13.8 Å². The predicted octanol–water partition coefficient (Wildman–Crippen LogP) is -0.110. The van der Waals surface area contributed by atoms with Gasteiger partial charge in [0.2, 0.25) is 0 Å². The summed E-state index contributed by atoms with van der Waals surface area (Å²) < 4.78 is 32.6. The van der Waals surface area contributed by atoms with Crippen molar-refractivity contribution in [3.63, 3.8) is 0 Å². The molecule has 3 aromatic rings. The molecule has 0 aliphatic rings. The Kier molecular flexibility index (Phi) is 5.90. The summed E-state index contributed by atoms with van der Waals surface area (Å²) in [7, 11) is -4.42. The SMILES string of the molecule is CCC(C)c1cc(S(=O)(=O)O)cc(-n2nc3ccccc3n2)c1O.[Na+]. The number of rotatable bonds is 4. The molecule has 0 saturated heterocycles. The van der Waals surface area contributed by atoms with Crippen LogP contribution in [0, 0.1) is 0 Å². The summed E-state index contributed by atoms with van der Waals surface area (Å²) in [5.74, 6) is -0.201. The fourth-order valence-corrected chi connectivity index (χ4v) is 3.02. The number of phenolic OH excluding ortho intramolecular Hbond substituents is 1. The molecule has 7 nitrogen and oxygen atoms in total. The van der Waals surface area contributed by atoms with Gasteiger partial charge >= 0.3 is 29.6 Å². The third-order valence-electron chi connectivity index (χ3n) is 4.04. The van der Waals surface area contributed by atoms with E-state index in [1.165, 1.54) is 10.9 Å². The summed E-state index contributed by atoms with van der Waals surface area (Å²) >= 11 is 0. The fourth-order valence-electron chi connectivity index (χ4n) is 2.48. The van der Waals surface area contributed by atoms with Crippen molar-refractivity contribution in [2.45, 2.75) is 31.1 Å². The second kappa shape index (κ2) is 7.43. The van der Waals surface area contributed by atoms with Crippen molar-refractivity contribution in [1.82, 2.24) is 15.0 Å². The maximum atomic E-state index is 11.6. The summed E-state index contributed by atoms with van der Waals surface area (Å²) in [6.45, 7) is 3.78. The van der Waals surface area contributed by atoms with Crippen LogP contribution >= 0.6 is 0 Å². The molecule has 2 N–H and O–H groups in total. The van der Waals surface area contributed by atoms with Gasteiger partial charge in [-0.3, -0.25) is 4.55 Å². The molecule has 25 heavy (non-hydrogen) atoms. The van der Waals surface area contributed by atoms with Crippen molar-refractivity contribution in [3.8, 4) is 11.4 Å². The first-order valence-corrected chi connectivity index (χ1v) is 8.92. The van der Waals surface area contributed by atoms with Gasteiger partial charge in [-0.05, 0) is 36.6 Å². The minimum absolute atomic E-state index is 0. The quantitative estimate of drug-likeness (QED) is 0.490. The minimum Gasteiger partial charge on any atom is -0.505 e. The predicted molar refractivity (Wildman–Crippen MR) is 89.1 cm³/mol. The first kappa shape index (κ1) is 19.9. The second-order valence-electron chi connectivity index (χ2n) is 5.64. The number of hydrogen-bond donors (Lipinski definition) is 2. The average molecular weight is 370 g/mol. The van der Waals surface area contributed by atoms with E-state index < -0.39 is 10.1 Å². The van der Waals surface area contributed by atoms with Gasteiger partial charge in [-0.1, -0.05) is 26.0 Å². The molecule has 126 valence electrons. The van der Waals surface area contributed by atoms with Gasteiger partial charge in [0.1, 0.15) is 22.5 Å². The van der Waals surface area contributed by atoms with Crippen molar-refractivity contribution in [2.75, 3.05) is 0 Å². The molecule has 2 aromatic carbocycles. The van der Waals surface area contributed by atoms with E-state index in [1.54, 1.807) is 24.3 Å². The van der Waals surface area contributed by atoms with Crippen LogP contribution in [0.4, 0.5) is 0 Å². The Bertz CT molecular complexity index is 984. The van der Waals surface area contributed by atoms with Crippen LogP contribution in [-0.4, -0.2) is 33.1 Å². The van der Waals surface area contributed by atoms with Crippen LogP contribution in [0.2, 0.25) is 0 Å². The van der Waals surface area contributed by atoms with Crippen molar-refractivity contribution in [3.05, 3.63) is 42.0 Å². The molecule has 0 spiro atoms. The Morgan fingerprint density at radius 3 is 2.20 bits per heavy atom. The van der Waals surface area contributed by atoms with E-state index in [-0.39, 0.29) is 51.8 Å². The molecule has 0 fully saturated rings. The number of hydrogen-bond acceptors (Lipinski definition) is 5. The standard InChI is InChI=1S/C16H17N3O4S.Na/c1-3-10(2)12-8-11(24(21,22)23)9-15(16(12)20)19-17-13-6-4-5-7-14(13)18-19;/h4-10,20H,3H2,1-2H3,(H,21,22,23);/q;+1. The normalized spacial score (nSPS) is 12.8. The van der Waals surface area contributed by atoms with Gasteiger partial charge in [0, 0.05) is 5.56 Å². The number of aromatic hydroxyl groups is 1. The monoisotopic (exact) mass is 370 g/mol. The third-order valence-corrected chi connectivity index (χ3v) is 4.87. The number of nitrogens with zero attached hydrogens (tertiary/aromatic N) is 3. The molecule has 3 rings (SSSR count). The smallest absolute Gasteiger partial charge is 0.505 e. The molecule has 0 radical (unpaired) electrons. The van der Waals surface area contributed by atoms with Gasteiger partial charge in [-0.2, -0.15) is 8.42 Å². The van der Waals surface area contributed by atoms with Crippen LogP contribution in [0.5, 0.6) is 5.75 Å². The van der Waals surface area contributed by atoms with Crippen LogP contribution < -0.4 is 29.6 Å². The molecule has 0 amide bonds. The summed E-state index contributed by atoms with van der Waals surface area (Å²) in [6.07, 6.45) is 0.691. The number of fused-ring (bicyclic) bond motifs is 1. The largest absolute Gasteiger partial charge is 1.00 e. The van der Waals surface area contributed by atoms with Crippen LogP contribution in [0.1, 0.15) is 31.7 Å². The molecular formula is C16H17N3NaO4S+. The van der Waals surface area contributed by atoms with Crippen LogP contribution in [0.15, 0.2) is 41.3 Å². The molecule has 1 heterocycles. The Morgan fingerprint density at radius 2 is 1.72 bits per heavy atom. The van der Waals surface area contributed by atoms with Crippen molar-refractivity contribution in [1.29, 1.82) is 0 Å². The van der Waals surface area contributed by atoms with Crippen molar-refractivity contribution >= 4 is 21.2 Å². The summed E-state index contributed by atoms with van der Waals surface area (Å²) in [6, 6.07) is 9.58. The van der Waals surface area contributed by atoms with Crippen molar-refractivity contribution < 1.29 is 47.6 Å². The average Bonchev–Trinajstić information content (AvgIpc) is 2.97. The number of aromatic nitrogens is 3. The zero-order chi connectivity index (χ0) is 17.5. The molecule has 9 heteroatoms. The van der Waals surface area contributed by atoms with Gasteiger partial charge in [-0.25, -0.2) is 0 Å². The van der Waals surface area contributed by atoms with E-state index in [0.717, 1.165) is 6.07 Å². The first-order chi connectivity index (χ1) is 11.3. The summed E-state index contributed by atoms with van der Waals surface area (Å²) in [4.78, 5) is 0.882. The maximum absolute atomic E-state index is 11.6. The first-order valence-electron chi connectivity index (χ1n) is 7.48. The van der Waals surface area contributed by atoms with Gasteiger partial charge in [0.25, 0.3) is 10.1 Å². The Labute approximate surface area is 167 Å². The van der Waals surface area contributed by atoms with Gasteiger partial charge in [0.15, 0.2) is 0 Å². The molecule has 0 aliphatic heterocycles. The molecule has 0 aliphatic carbocycles. The molecule has 0 saturated carbocycles. The molecular weight excluding hydrogens is 353 g/mol. The van der Waals surface area contributed by atoms with E-state index in [4.69, 9.17) is 0 Å². The van der Waals surface area contributed by atoms with Gasteiger partial charge in [0.05, 0.1) is 4.90 Å². The number of phenols is 1. The zero-order valence-electron chi connectivity index (χ0n) is 14.2. The molecule has 1 unspecified atom stereocenters. The van der Waals surface area contributed by atoms with E-state index in [0.29, 0.717) is 23.0 Å². The van der Waals surface area contributed by atoms with E-state index in [9.17, 15) is 18.1 Å². The third kappa shape index (κ3) is 3.88. The van der Waals surface area contributed by atoms with E-state index >= 15 is 0 Å². The minimum atomic E-state index is -4.42. The number of benzene rings is 2. The topological polar surface area (TPSA) is 105 Å². The van der Waals surface area contributed by atoms with Crippen LogP contribution in [0.25, 0.3) is 16.7 Å². The molecule has 1 atom stereocenters. The maximum Gasteiger partial charge on any atom is 1.00 e. The van der Waals surface area contributed by atoms with Gasteiger partial charge in [-0.15, -0.1) is 15.0 Å². The Morgan fingerprint density at radius 1 is 1.16 bits per heavy atom. The second-order valence-corrected chi connectivity index (χ2v) is 7.06. The molecule has 1 aromatic heterocycles. The Balaban J connectivity index is 0.00000225. The van der Waals surface area contributed by atoms with Crippen LogP contribution in [0.3, 0.4) is 0 Å². The van der Waals surface area contributed by atoms with E-state index in [2.05, 4.69) is 10.2 Å². The van der Waals surface area contributed by atoms with Crippen molar-refractivity contribution in [2.24, 2.45) is 0 Å². The Hall–Kier alpha value is -1.45. The summed E-state index contributed by atoms with van der Waals surface area (Å²) in [5.41, 5.74) is 1.75. The fraction of sp³-hybridized carbons (Fsp3) is 0.250. The van der Waals surface area contributed by atoms with Gasteiger partial charge < -0.3 is 5.11 Å².